The minimum absolute atomic E-state index is 0. The molecule has 0 heterocycles. The number of halogens is 1. The lowest BCUT2D eigenvalue weighted by Gasteiger charge is -1.91. The molecule has 3 nitrogen and oxygen atoms in total. The number of anilines is 1. The molecule has 1 aromatic rings. The summed E-state index contributed by atoms with van der Waals surface area (Å²) < 4.78 is 0. The minimum Gasteiger partial charge on any atom is -1.00 e. The number of hydrogen-bond donors (Lipinski definition) is 1. The third kappa shape index (κ3) is 2.10. The zero-order valence-corrected chi connectivity index (χ0v) is 6.84. The Labute approximate surface area is 71.5 Å². The van der Waals surface area contributed by atoms with Crippen LogP contribution < -0.4 is 17.7 Å². The normalized spacial score (nSPS) is 7.64. The third-order valence-electron chi connectivity index (χ3n) is 1.28. The molecule has 0 bridgehead atoms. The van der Waals surface area contributed by atoms with Gasteiger partial charge >= 0.3 is 5.69 Å². The Morgan fingerprint density at radius 1 is 1.36 bits per heavy atom. The molecule has 0 radical (unpaired) electrons. The zero-order valence-electron chi connectivity index (χ0n) is 6.08. The molecule has 0 fully saturated rings. The fourth-order valence-electron chi connectivity index (χ4n) is 0.772. The van der Waals surface area contributed by atoms with Gasteiger partial charge in [0.15, 0.2) is 4.98 Å². The van der Waals surface area contributed by atoms with Crippen molar-refractivity contribution < 1.29 is 12.4 Å². The van der Waals surface area contributed by atoms with Crippen LogP contribution in [-0.4, -0.2) is 7.05 Å². The summed E-state index contributed by atoms with van der Waals surface area (Å²) in [5.41, 5.74) is 1.38. The van der Waals surface area contributed by atoms with E-state index in [2.05, 4.69) is 10.3 Å². The molecule has 11 heavy (non-hydrogen) atoms. The fraction of sp³-hybridized carbons (Fsp3) is 0.143. The summed E-state index contributed by atoms with van der Waals surface area (Å²) in [5, 5.41) is 11.3. The van der Waals surface area contributed by atoms with Gasteiger partial charge in [0.05, 0.1) is 0 Å². The number of nitrogens with zero attached hydrogens (tertiary/aromatic N) is 2. The van der Waals surface area contributed by atoms with Crippen LogP contribution in [0.4, 0.5) is 11.4 Å². The molecule has 4 heteroatoms. The van der Waals surface area contributed by atoms with E-state index in [1.54, 1.807) is 13.1 Å². The Bertz CT molecular complexity index is 267. The Balaban J connectivity index is 0.000001000. The smallest absolute Gasteiger partial charge is 0.407 e. The fourth-order valence-corrected chi connectivity index (χ4v) is 0.772. The molecular formula is C7H8ClN3. The van der Waals surface area contributed by atoms with Crippen molar-refractivity contribution in [3.05, 3.63) is 29.2 Å². The summed E-state index contributed by atoms with van der Waals surface area (Å²) in [6, 6.07) is 7.26. The predicted octanol–water partition coefficient (Wildman–Crippen LogP) is -0.783. The summed E-state index contributed by atoms with van der Waals surface area (Å²) in [6.07, 6.45) is 0. The molecule has 0 saturated carbocycles. The standard InChI is InChI=1S/C7H8N3.ClH/c1-9-6-4-2-3-5-7(6)10-8;/h2-5,9H,1H3;1H/q+1;/p-1. The van der Waals surface area contributed by atoms with Gasteiger partial charge in [0.2, 0.25) is 5.39 Å². The maximum Gasteiger partial charge on any atom is 0.407 e. The number of rotatable bonds is 1. The second-order valence-electron chi connectivity index (χ2n) is 1.87. The van der Waals surface area contributed by atoms with E-state index in [9.17, 15) is 0 Å². The van der Waals surface area contributed by atoms with E-state index < -0.39 is 0 Å². The lowest BCUT2D eigenvalue weighted by atomic mass is 10.3. The highest BCUT2D eigenvalue weighted by atomic mass is 35.5. The van der Waals surface area contributed by atoms with Crippen LogP contribution in [0.2, 0.25) is 0 Å². The zero-order chi connectivity index (χ0) is 7.40. The first kappa shape index (κ1) is 9.73. The van der Waals surface area contributed by atoms with Gasteiger partial charge in [-0.15, -0.1) is 0 Å². The van der Waals surface area contributed by atoms with Gasteiger partial charge in [-0.1, -0.05) is 12.1 Å². The van der Waals surface area contributed by atoms with Crippen molar-refractivity contribution in [1.82, 2.24) is 0 Å². The average molecular weight is 170 g/mol. The van der Waals surface area contributed by atoms with Gasteiger partial charge in [0.25, 0.3) is 0 Å². The molecule has 58 valence electrons. The van der Waals surface area contributed by atoms with Crippen LogP contribution >= 0.6 is 0 Å². The molecule has 0 aliphatic heterocycles. The maximum absolute atomic E-state index is 8.43. The molecule has 0 aromatic heterocycles. The van der Waals surface area contributed by atoms with E-state index in [1.807, 2.05) is 18.2 Å². The molecule has 0 spiro atoms. The molecule has 0 aliphatic rings. The van der Waals surface area contributed by atoms with Crippen LogP contribution in [-0.2, 0) is 0 Å². The summed E-state index contributed by atoms with van der Waals surface area (Å²) in [4.78, 5) is 3.08. The molecule has 0 aliphatic carbocycles. The molecule has 1 aromatic carbocycles. The van der Waals surface area contributed by atoms with Crippen molar-refractivity contribution in [3.8, 4) is 0 Å². The van der Waals surface area contributed by atoms with Crippen molar-refractivity contribution >= 4 is 11.4 Å². The molecule has 1 rings (SSSR count). The van der Waals surface area contributed by atoms with Gasteiger partial charge < -0.3 is 17.7 Å². The van der Waals surface area contributed by atoms with E-state index in [-0.39, 0.29) is 12.4 Å². The molecule has 0 unspecified atom stereocenters. The maximum atomic E-state index is 8.43. The predicted molar refractivity (Wildman–Crippen MR) is 40.7 cm³/mol. The van der Waals surface area contributed by atoms with Gasteiger partial charge in [-0.05, 0) is 6.07 Å². The highest BCUT2D eigenvalue weighted by Crippen LogP contribution is 2.22. The minimum atomic E-state index is 0. The monoisotopic (exact) mass is 169 g/mol. The number of benzene rings is 1. The van der Waals surface area contributed by atoms with Crippen LogP contribution in [0.3, 0.4) is 0 Å². The second-order valence-corrected chi connectivity index (χ2v) is 1.87. The van der Waals surface area contributed by atoms with Crippen molar-refractivity contribution in [3.63, 3.8) is 0 Å². The highest BCUT2D eigenvalue weighted by Gasteiger charge is 2.08. The van der Waals surface area contributed by atoms with E-state index in [1.165, 1.54) is 0 Å². The first-order valence-electron chi connectivity index (χ1n) is 3.00. The van der Waals surface area contributed by atoms with E-state index in [0.717, 1.165) is 5.69 Å². The van der Waals surface area contributed by atoms with Crippen molar-refractivity contribution in [2.45, 2.75) is 0 Å². The lowest BCUT2D eigenvalue weighted by Crippen LogP contribution is -3.00. The number of para-hydroxylation sites is 1. The SMILES string of the molecule is CNc1ccccc1[N+]#N.[Cl-]. The number of diazo groups is 1. The average Bonchev–Trinajstić information content (AvgIpc) is 2.04. The summed E-state index contributed by atoms with van der Waals surface area (Å²) in [6.45, 7) is 0. The topological polar surface area (TPSA) is 40.2 Å². The Kier molecular flexibility index (Phi) is 4.01. The van der Waals surface area contributed by atoms with Crippen molar-refractivity contribution in [2.24, 2.45) is 0 Å². The van der Waals surface area contributed by atoms with Gasteiger partial charge in [-0.25, -0.2) is 0 Å². The van der Waals surface area contributed by atoms with Gasteiger partial charge in [0, 0.05) is 13.1 Å². The molecule has 0 saturated heterocycles. The Morgan fingerprint density at radius 2 is 2.00 bits per heavy atom. The number of nitrogens with one attached hydrogen (secondary N) is 1. The largest absolute Gasteiger partial charge is 1.00 e. The Morgan fingerprint density at radius 3 is 2.45 bits per heavy atom. The van der Waals surface area contributed by atoms with Crippen LogP contribution in [0.15, 0.2) is 24.3 Å². The number of hydrogen-bond acceptors (Lipinski definition) is 2. The lowest BCUT2D eigenvalue weighted by molar-refractivity contribution is -0.00000227. The first-order valence-corrected chi connectivity index (χ1v) is 3.00. The van der Waals surface area contributed by atoms with Gasteiger partial charge in [-0.2, -0.15) is 0 Å². The highest BCUT2D eigenvalue weighted by molar-refractivity contribution is 5.68. The van der Waals surface area contributed by atoms with Crippen molar-refractivity contribution in [2.75, 3.05) is 12.4 Å². The van der Waals surface area contributed by atoms with Crippen LogP contribution in [0, 0.1) is 5.39 Å². The molecule has 1 N–H and O–H groups in total. The molecule has 0 amide bonds. The quantitative estimate of drug-likeness (QED) is 0.561. The van der Waals surface area contributed by atoms with Crippen LogP contribution in [0.5, 0.6) is 0 Å². The summed E-state index contributed by atoms with van der Waals surface area (Å²) >= 11 is 0. The van der Waals surface area contributed by atoms with E-state index in [0.29, 0.717) is 5.69 Å². The summed E-state index contributed by atoms with van der Waals surface area (Å²) in [7, 11) is 1.78. The van der Waals surface area contributed by atoms with Crippen molar-refractivity contribution in [1.29, 1.82) is 5.39 Å². The summed E-state index contributed by atoms with van der Waals surface area (Å²) in [5.74, 6) is 0. The van der Waals surface area contributed by atoms with Gasteiger partial charge in [0.1, 0.15) is 5.69 Å². The van der Waals surface area contributed by atoms with Crippen LogP contribution in [0.1, 0.15) is 0 Å². The molecular weight excluding hydrogens is 162 g/mol. The second kappa shape index (κ2) is 4.53. The van der Waals surface area contributed by atoms with E-state index >= 15 is 0 Å². The van der Waals surface area contributed by atoms with Crippen LogP contribution in [0.25, 0.3) is 4.98 Å². The van der Waals surface area contributed by atoms with Gasteiger partial charge in [-0.3, -0.25) is 0 Å². The third-order valence-corrected chi connectivity index (χ3v) is 1.28. The molecule has 0 atom stereocenters. The first-order chi connectivity index (χ1) is 4.88. The Hall–Kier alpha value is -1.27. The van der Waals surface area contributed by atoms with E-state index in [4.69, 9.17) is 5.39 Å².